The lowest BCUT2D eigenvalue weighted by Crippen LogP contribution is -2.43. The van der Waals surface area contributed by atoms with E-state index in [2.05, 4.69) is 15.2 Å². The van der Waals surface area contributed by atoms with Gasteiger partial charge in [0.1, 0.15) is 5.82 Å². The Balaban J connectivity index is 1.37. The maximum atomic E-state index is 12.8. The number of aromatic nitrogens is 1. The smallest absolute Gasteiger partial charge is 0.253 e. The molecule has 3 heterocycles. The molecule has 2 saturated heterocycles. The molecule has 2 aliphatic rings. The zero-order valence-corrected chi connectivity index (χ0v) is 18.1. The number of benzene rings is 1. The van der Waals surface area contributed by atoms with Crippen LogP contribution in [-0.4, -0.2) is 47.9 Å². The molecule has 1 N–H and O–H groups in total. The summed E-state index contributed by atoms with van der Waals surface area (Å²) in [5, 5.41) is 3.71. The van der Waals surface area contributed by atoms with Crippen molar-refractivity contribution in [2.24, 2.45) is 5.92 Å². The first-order chi connectivity index (χ1) is 14.5. The van der Waals surface area contributed by atoms with Crippen LogP contribution in [0.3, 0.4) is 0 Å². The van der Waals surface area contributed by atoms with Crippen molar-refractivity contribution in [1.29, 1.82) is 0 Å². The monoisotopic (exact) mass is 446 g/mol. The SMILES string of the molecule is O=C(Nc1ccc(N2CCCC2)nc1)C1CCCN(C(=O)c2ccc(Cl)c(Cl)c2)C1. The van der Waals surface area contributed by atoms with E-state index in [0.29, 0.717) is 34.4 Å². The van der Waals surface area contributed by atoms with E-state index >= 15 is 0 Å². The number of carbonyl (C=O) groups is 2. The fraction of sp³-hybridized carbons (Fsp3) is 0.409. The summed E-state index contributed by atoms with van der Waals surface area (Å²) >= 11 is 12.0. The Bertz CT molecular complexity index is 929. The number of carbonyl (C=O) groups excluding carboxylic acids is 2. The van der Waals surface area contributed by atoms with Gasteiger partial charge in [0, 0.05) is 31.7 Å². The highest BCUT2D eigenvalue weighted by Crippen LogP contribution is 2.26. The fourth-order valence-electron chi connectivity index (χ4n) is 4.02. The first kappa shape index (κ1) is 20.9. The number of anilines is 2. The number of hydrogen-bond acceptors (Lipinski definition) is 4. The molecule has 0 bridgehead atoms. The highest BCUT2D eigenvalue weighted by Gasteiger charge is 2.29. The van der Waals surface area contributed by atoms with Gasteiger partial charge in [-0.15, -0.1) is 0 Å². The summed E-state index contributed by atoms with van der Waals surface area (Å²) in [7, 11) is 0. The van der Waals surface area contributed by atoms with E-state index in [9.17, 15) is 9.59 Å². The average molecular weight is 447 g/mol. The molecule has 1 aromatic carbocycles. The summed E-state index contributed by atoms with van der Waals surface area (Å²) in [6, 6.07) is 8.68. The van der Waals surface area contributed by atoms with Gasteiger partial charge >= 0.3 is 0 Å². The third kappa shape index (κ3) is 4.71. The van der Waals surface area contributed by atoms with Gasteiger partial charge in [0.05, 0.1) is 27.8 Å². The van der Waals surface area contributed by atoms with Crippen molar-refractivity contribution >= 4 is 46.5 Å². The predicted octanol–water partition coefficient (Wildman–Crippen LogP) is 4.48. The largest absolute Gasteiger partial charge is 0.357 e. The van der Waals surface area contributed by atoms with Crippen molar-refractivity contribution in [2.45, 2.75) is 25.7 Å². The number of nitrogens with zero attached hydrogens (tertiary/aromatic N) is 3. The van der Waals surface area contributed by atoms with E-state index < -0.39 is 0 Å². The van der Waals surface area contributed by atoms with Crippen LogP contribution in [0.4, 0.5) is 11.5 Å². The van der Waals surface area contributed by atoms with Crippen molar-refractivity contribution < 1.29 is 9.59 Å². The van der Waals surface area contributed by atoms with E-state index in [-0.39, 0.29) is 17.7 Å². The quantitative estimate of drug-likeness (QED) is 0.751. The molecule has 0 spiro atoms. The lowest BCUT2D eigenvalue weighted by molar-refractivity contribution is -0.121. The van der Waals surface area contributed by atoms with E-state index in [4.69, 9.17) is 23.2 Å². The molecule has 0 aliphatic carbocycles. The molecule has 0 saturated carbocycles. The lowest BCUT2D eigenvalue weighted by Gasteiger charge is -2.32. The molecule has 0 radical (unpaired) electrons. The summed E-state index contributed by atoms with van der Waals surface area (Å²) in [5.74, 6) is 0.463. The van der Waals surface area contributed by atoms with Gasteiger partial charge in [0.25, 0.3) is 5.91 Å². The molecule has 2 aromatic rings. The third-order valence-corrected chi connectivity index (χ3v) is 6.43. The highest BCUT2D eigenvalue weighted by molar-refractivity contribution is 6.42. The van der Waals surface area contributed by atoms with Crippen molar-refractivity contribution in [3.8, 4) is 0 Å². The second-order valence-electron chi connectivity index (χ2n) is 7.81. The van der Waals surface area contributed by atoms with Crippen LogP contribution >= 0.6 is 23.2 Å². The van der Waals surface area contributed by atoms with Crippen molar-refractivity contribution in [2.75, 3.05) is 36.4 Å². The van der Waals surface area contributed by atoms with Crippen LogP contribution in [0.25, 0.3) is 0 Å². The van der Waals surface area contributed by atoms with Crippen LogP contribution in [0, 0.1) is 5.92 Å². The van der Waals surface area contributed by atoms with Crippen molar-refractivity contribution in [1.82, 2.24) is 9.88 Å². The van der Waals surface area contributed by atoms with Gasteiger partial charge in [-0.3, -0.25) is 9.59 Å². The number of piperidine rings is 1. The van der Waals surface area contributed by atoms with Gasteiger partial charge in [-0.05, 0) is 56.0 Å². The number of likely N-dealkylation sites (tertiary alicyclic amines) is 1. The number of halogens is 2. The molecule has 2 amide bonds. The second-order valence-corrected chi connectivity index (χ2v) is 8.62. The first-order valence-electron chi connectivity index (χ1n) is 10.3. The molecule has 8 heteroatoms. The average Bonchev–Trinajstić information content (AvgIpc) is 3.31. The van der Waals surface area contributed by atoms with E-state index in [1.165, 1.54) is 12.8 Å². The molecule has 1 aromatic heterocycles. The van der Waals surface area contributed by atoms with Crippen molar-refractivity contribution in [3.05, 3.63) is 52.1 Å². The molecular weight excluding hydrogens is 423 g/mol. The van der Waals surface area contributed by atoms with Gasteiger partial charge in [-0.2, -0.15) is 0 Å². The number of pyridine rings is 1. The van der Waals surface area contributed by atoms with E-state index in [1.807, 2.05) is 12.1 Å². The molecule has 1 unspecified atom stereocenters. The minimum absolute atomic E-state index is 0.0858. The van der Waals surface area contributed by atoms with E-state index in [0.717, 1.165) is 31.7 Å². The predicted molar refractivity (Wildman–Crippen MR) is 119 cm³/mol. The normalized spacial score (nSPS) is 19.1. The second kappa shape index (κ2) is 9.23. The number of rotatable bonds is 4. The van der Waals surface area contributed by atoms with Gasteiger partial charge in [0.2, 0.25) is 5.91 Å². The molecule has 2 fully saturated rings. The van der Waals surface area contributed by atoms with Gasteiger partial charge in [-0.1, -0.05) is 23.2 Å². The Morgan fingerprint density at radius 2 is 1.80 bits per heavy atom. The van der Waals surface area contributed by atoms with Crippen LogP contribution < -0.4 is 10.2 Å². The molecular formula is C22H24Cl2N4O2. The fourth-order valence-corrected chi connectivity index (χ4v) is 4.32. The van der Waals surface area contributed by atoms with Crippen LogP contribution in [0.15, 0.2) is 36.5 Å². The first-order valence-corrected chi connectivity index (χ1v) is 11.0. The molecule has 30 heavy (non-hydrogen) atoms. The van der Waals surface area contributed by atoms with Crippen LogP contribution in [0.5, 0.6) is 0 Å². The van der Waals surface area contributed by atoms with Gasteiger partial charge in [0.15, 0.2) is 0 Å². The van der Waals surface area contributed by atoms with Gasteiger partial charge < -0.3 is 15.1 Å². The number of amides is 2. The Morgan fingerprint density at radius 3 is 2.50 bits per heavy atom. The number of nitrogens with one attached hydrogen (secondary N) is 1. The Hall–Kier alpha value is -2.31. The maximum Gasteiger partial charge on any atom is 0.253 e. The van der Waals surface area contributed by atoms with Gasteiger partial charge in [-0.25, -0.2) is 4.98 Å². The molecule has 1 atom stereocenters. The zero-order chi connectivity index (χ0) is 21.1. The van der Waals surface area contributed by atoms with Crippen LogP contribution in [-0.2, 0) is 4.79 Å². The molecule has 158 valence electrons. The van der Waals surface area contributed by atoms with Crippen molar-refractivity contribution in [3.63, 3.8) is 0 Å². The minimum Gasteiger partial charge on any atom is -0.357 e. The van der Waals surface area contributed by atoms with Crippen LogP contribution in [0.1, 0.15) is 36.0 Å². The zero-order valence-electron chi connectivity index (χ0n) is 16.6. The molecule has 6 nitrogen and oxygen atoms in total. The molecule has 4 rings (SSSR count). The summed E-state index contributed by atoms with van der Waals surface area (Å²) in [5.41, 5.74) is 1.16. The van der Waals surface area contributed by atoms with Crippen LogP contribution in [0.2, 0.25) is 10.0 Å². The Morgan fingerprint density at radius 1 is 1.00 bits per heavy atom. The highest BCUT2D eigenvalue weighted by atomic mass is 35.5. The summed E-state index contributed by atoms with van der Waals surface area (Å²) in [6.45, 7) is 3.06. The minimum atomic E-state index is -0.260. The number of hydrogen-bond donors (Lipinski definition) is 1. The van der Waals surface area contributed by atoms with E-state index in [1.54, 1.807) is 29.3 Å². The Labute approximate surface area is 186 Å². The summed E-state index contributed by atoms with van der Waals surface area (Å²) in [4.78, 5) is 34.1. The summed E-state index contributed by atoms with van der Waals surface area (Å²) < 4.78 is 0. The molecule has 2 aliphatic heterocycles. The standard InChI is InChI=1S/C22H24Cl2N4O2/c23-18-7-5-15(12-19(18)24)22(30)28-11-3-4-16(14-28)21(29)26-17-6-8-20(25-13-17)27-9-1-2-10-27/h5-8,12-13,16H,1-4,9-11,14H2,(H,26,29). The third-order valence-electron chi connectivity index (χ3n) is 5.69. The lowest BCUT2D eigenvalue weighted by atomic mass is 9.96. The summed E-state index contributed by atoms with van der Waals surface area (Å²) in [6.07, 6.45) is 5.61. The topological polar surface area (TPSA) is 65.5 Å². The Kier molecular flexibility index (Phi) is 6.44. The maximum absolute atomic E-state index is 12.8.